The van der Waals surface area contributed by atoms with Crippen molar-refractivity contribution in [3.63, 3.8) is 0 Å². The van der Waals surface area contributed by atoms with E-state index in [4.69, 9.17) is 4.74 Å². The summed E-state index contributed by atoms with van der Waals surface area (Å²) >= 11 is 0. The average molecular weight is 221 g/mol. The van der Waals surface area contributed by atoms with Crippen LogP contribution in [-0.2, 0) is 0 Å². The fourth-order valence-electron chi connectivity index (χ4n) is 1.60. The first-order chi connectivity index (χ1) is 7.54. The van der Waals surface area contributed by atoms with Gasteiger partial charge in [0.1, 0.15) is 0 Å². The molecule has 1 saturated carbocycles. The number of aryl methyl sites for hydroxylation is 1. The molecule has 2 atom stereocenters. The Labute approximate surface area is 96.4 Å². The van der Waals surface area contributed by atoms with E-state index >= 15 is 0 Å². The molecule has 1 aliphatic rings. The third-order valence-corrected chi connectivity index (χ3v) is 2.61. The molecule has 0 bridgehead atoms. The normalized spacial score (nSPS) is 23.3. The molecule has 0 spiro atoms. The quantitative estimate of drug-likeness (QED) is 0.848. The molecule has 2 rings (SSSR count). The third-order valence-electron chi connectivity index (χ3n) is 2.61. The zero-order chi connectivity index (χ0) is 11.7. The molecule has 4 heteroatoms. The van der Waals surface area contributed by atoms with Crippen LogP contribution in [0.4, 0.5) is 5.95 Å². The lowest BCUT2D eigenvalue weighted by atomic mass is 10.4. The fraction of sp³-hybridized carbons (Fsp3) is 0.667. The van der Waals surface area contributed by atoms with Gasteiger partial charge in [-0.25, -0.2) is 4.98 Å². The first-order valence-electron chi connectivity index (χ1n) is 5.83. The molecule has 0 amide bonds. The number of nitrogens with zero attached hydrogens (tertiary/aromatic N) is 2. The number of hydrogen-bond acceptors (Lipinski definition) is 4. The Balaban J connectivity index is 2.08. The van der Waals surface area contributed by atoms with E-state index < -0.39 is 0 Å². The summed E-state index contributed by atoms with van der Waals surface area (Å²) in [5.41, 5.74) is 0.932. The predicted octanol–water partition coefficient (Wildman–Crippen LogP) is 2.39. The highest BCUT2D eigenvalue weighted by atomic mass is 16.5. The zero-order valence-corrected chi connectivity index (χ0v) is 10.3. The average Bonchev–Trinajstić information content (AvgIpc) is 2.78. The Morgan fingerprint density at radius 3 is 2.69 bits per heavy atom. The number of rotatable bonds is 4. The number of hydrogen-bond donors (Lipinski definition) is 1. The molecule has 1 aromatic heterocycles. The topological polar surface area (TPSA) is 47.0 Å². The van der Waals surface area contributed by atoms with Crippen molar-refractivity contribution in [2.75, 3.05) is 5.32 Å². The van der Waals surface area contributed by atoms with Crippen molar-refractivity contribution in [3.05, 3.63) is 11.8 Å². The van der Waals surface area contributed by atoms with Crippen LogP contribution >= 0.6 is 0 Å². The van der Waals surface area contributed by atoms with Gasteiger partial charge >= 0.3 is 0 Å². The largest absolute Gasteiger partial charge is 0.475 e. The summed E-state index contributed by atoms with van der Waals surface area (Å²) in [4.78, 5) is 8.70. The summed E-state index contributed by atoms with van der Waals surface area (Å²) in [5.74, 6) is 2.07. The van der Waals surface area contributed by atoms with Gasteiger partial charge in [-0.15, -0.1) is 0 Å². The van der Waals surface area contributed by atoms with E-state index in [2.05, 4.69) is 22.2 Å². The van der Waals surface area contributed by atoms with Gasteiger partial charge in [0.25, 0.3) is 0 Å². The molecule has 0 aliphatic heterocycles. The maximum absolute atomic E-state index is 5.57. The SMILES string of the molecule is Cc1cc(OC(C)C)nc(NC2CC2C)n1. The van der Waals surface area contributed by atoms with Gasteiger partial charge in [-0.3, -0.25) is 0 Å². The molecular formula is C12H19N3O. The lowest BCUT2D eigenvalue weighted by Crippen LogP contribution is -2.11. The molecule has 88 valence electrons. The minimum atomic E-state index is 0.141. The number of aromatic nitrogens is 2. The van der Waals surface area contributed by atoms with Crippen molar-refractivity contribution in [2.45, 2.75) is 46.3 Å². The molecule has 1 N–H and O–H groups in total. The van der Waals surface area contributed by atoms with Crippen LogP contribution in [0.2, 0.25) is 0 Å². The molecule has 1 aliphatic carbocycles. The Morgan fingerprint density at radius 1 is 1.44 bits per heavy atom. The van der Waals surface area contributed by atoms with Crippen molar-refractivity contribution in [1.82, 2.24) is 9.97 Å². The Hall–Kier alpha value is -1.32. The van der Waals surface area contributed by atoms with E-state index in [1.165, 1.54) is 6.42 Å². The van der Waals surface area contributed by atoms with Crippen molar-refractivity contribution < 1.29 is 4.74 Å². The van der Waals surface area contributed by atoms with Gasteiger partial charge in [0.2, 0.25) is 11.8 Å². The number of anilines is 1. The van der Waals surface area contributed by atoms with Crippen LogP contribution < -0.4 is 10.1 Å². The van der Waals surface area contributed by atoms with Crippen molar-refractivity contribution in [3.8, 4) is 5.88 Å². The first kappa shape index (κ1) is 11.2. The standard InChI is InChI=1S/C12H19N3O/c1-7(2)16-11-6-9(4)13-12(15-11)14-10-5-8(10)3/h6-8,10H,5H2,1-4H3,(H,13,14,15). The van der Waals surface area contributed by atoms with E-state index in [9.17, 15) is 0 Å². The zero-order valence-electron chi connectivity index (χ0n) is 10.3. The summed E-state index contributed by atoms with van der Waals surface area (Å²) < 4.78 is 5.57. The minimum Gasteiger partial charge on any atom is -0.475 e. The van der Waals surface area contributed by atoms with E-state index in [-0.39, 0.29) is 6.10 Å². The Kier molecular flexibility index (Phi) is 2.99. The molecule has 1 heterocycles. The number of ether oxygens (including phenoxy) is 1. The highest BCUT2D eigenvalue weighted by Gasteiger charge is 2.33. The van der Waals surface area contributed by atoms with E-state index in [1.54, 1.807) is 0 Å². The summed E-state index contributed by atoms with van der Waals surface area (Å²) in [6.07, 6.45) is 1.35. The van der Waals surface area contributed by atoms with Crippen LogP contribution in [0, 0.1) is 12.8 Å². The maximum atomic E-state index is 5.57. The summed E-state index contributed by atoms with van der Waals surface area (Å²) in [5, 5.41) is 3.32. The van der Waals surface area contributed by atoms with Crippen LogP contribution in [0.1, 0.15) is 32.9 Å². The second-order valence-electron chi connectivity index (χ2n) is 4.80. The highest BCUT2D eigenvalue weighted by molar-refractivity contribution is 5.33. The molecule has 1 fully saturated rings. The predicted molar refractivity (Wildman–Crippen MR) is 63.7 cm³/mol. The van der Waals surface area contributed by atoms with Crippen LogP contribution in [0.3, 0.4) is 0 Å². The number of nitrogens with one attached hydrogen (secondary N) is 1. The fourth-order valence-corrected chi connectivity index (χ4v) is 1.60. The van der Waals surface area contributed by atoms with Gasteiger partial charge in [0, 0.05) is 17.8 Å². The monoisotopic (exact) mass is 221 g/mol. The van der Waals surface area contributed by atoms with Crippen LogP contribution in [0.25, 0.3) is 0 Å². The van der Waals surface area contributed by atoms with Crippen LogP contribution in [0.5, 0.6) is 5.88 Å². The lowest BCUT2D eigenvalue weighted by molar-refractivity contribution is 0.232. The molecule has 1 aromatic rings. The maximum Gasteiger partial charge on any atom is 0.226 e. The third kappa shape index (κ3) is 2.84. The molecule has 2 unspecified atom stereocenters. The summed E-state index contributed by atoms with van der Waals surface area (Å²) in [6.45, 7) is 8.16. The van der Waals surface area contributed by atoms with Crippen molar-refractivity contribution in [1.29, 1.82) is 0 Å². The molecule has 4 nitrogen and oxygen atoms in total. The molecule has 0 saturated heterocycles. The van der Waals surface area contributed by atoms with E-state index in [0.717, 1.165) is 11.6 Å². The van der Waals surface area contributed by atoms with Gasteiger partial charge in [-0.05, 0) is 33.1 Å². The first-order valence-corrected chi connectivity index (χ1v) is 5.83. The lowest BCUT2D eigenvalue weighted by Gasteiger charge is -2.11. The van der Waals surface area contributed by atoms with Gasteiger partial charge in [0.05, 0.1) is 6.10 Å². The summed E-state index contributed by atoms with van der Waals surface area (Å²) in [7, 11) is 0. The Morgan fingerprint density at radius 2 is 2.12 bits per heavy atom. The molecule has 0 aromatic carbocycles. The van der Waals surface area contributed by atoms with Gasteiger partial charge < -0.3 is 10.1 Å². The molecule has 16 heavy (non-hydrogen) atoms. The summed E-state index contributed by atoms with van der Waals surface area (Å²) in [6, 6.07) is 2.40. The van der Waals surface area contributed by atoms with Crippen molar-refractivity contribution in [2.24, 2.45) is 5.92 Å². The second-order valence-corrected chi connectivity index (χ2v) is 4.80. The van der Waals surface area contributed by atoms with Gasteiger partial charge in [0.15, 0.2) is 0 Å². The Bertz CT molecular complexity index is 379. The minimum absolute atomic E-state index is 0.141. The van der Waals surface area contributed by atoms with Crippen LogP contribution in [-0.4, -0.2) is 22.1 Å². The van der Waals surface area contributed by atoms with Gasteiger partial charge in [-0.2, -0.15) is 4.98 Å². The smallest absolute Gasteiger partial charge is 0.226 e. The van der Waals surface area contributed by atoms with E-state index in [1.807, 2.05) is 26.8 Å². The van der Waals surface area contributed by atoms with E-state index in [0.29, 0.717) is 17.9 Å². The van der Waals surface area contributed by atoms with Crippen LogP contribution in [0.15, 0.2) is 6.07 Å². The molecule has 0 radical (unpaired) electrons. The van der Waals surface area contributed by atoms with Crippen molar-refractivity contribution >= 4 is 5.95 Å². The van der Waals surface area contributed by atoms with Gasteiger partial charge in [-0.1, -0.05) is 6.92 Å². The molecular weight excluding hydrogens is 202 g/mol. The second kappa shape index (κ2) is 4.28. The highest BCUT2D eigenvalue weighted by Crippen LogP contribution is 2.32.